The third-order valence-corrected chi connectivity index (χ3v) is 7.01. The molecular formula is C21H32O6Si. The van der Waals surface area contributed by atoms with Gasteiger partial charge in [-0.15, -0.1) is 5.54 Å². The third kappa shape index (κ3) is 3.91. The fourth-order valence-corrected chi connectivity index (χ4v) is 5.25. The van der Waals surface area contributed by atoms with Crippen molar-refractivity contribution in [1.82, 2.24) is 0 Å². The number of rotatable bonds is 3. The average Bonchev–Trinajstić information content (AvgIpc) is 2.84. The van der Waals surface area contributed by atoms with E-state index in [2.05, 4.69) is 31.1 Å². The molecule has 7 heteroatoms. The normalized spacial score (nSPS) is 32.0. The molecule has 0 amide bonds. The lowest BCUT2D eigenvalue weighted by molar-refractivity contribution is -0.180. The molecule has 0 aromatic rings. The predicted octanol–water partition coefficient (Wildman–Crippen LogP) is 2.20. The van der Waals surface area contributed by atoms with E-state index < -0.39 is 42.5 Å². The molecule has 2 rings (SSSR count). The van der Waals surface area contributed by atoms with Crippen LogP contribution in [0.3, 0.4) is 0 Å². The van der Waals surface area contributed by atoms with Gasteiger partial charge in [0.25, 0.3) is 0 Å². The van der Waals surface area contributed by atoms with Crippen molar-refractivity contribution in [2.45, 2.75) is 69.9 Å². The van der Waals surface area contributed by atoms with Gasteiger partial charge in [0.15, 0.2) is 0 Å². The van der Waals surface area contributed by atoms with Crippen molar-refractivity contribution in [1.29, 1.82) is 0 Å². The highest BCUT2D eigenvalue weighted by Crippen LogP contribution is 2.59. The molecule has 1 fully saturated rings. The molecule has 6 nitrogen and oxygen atoms in total. The summed E-state index contributed by atoms with van der Waals surface area (Å²) in [6.07, 6.45) is 3.05. The minimum atomic E-state index is -1.74. The largest absolute Gasteiger partial charge is 0.468 e. The molecule has 0 aliphatic heterocycles. The lowest BCUT2D eigenvalue weighted by Crippen LogP contribution is -2.57. The Labute approximate surface area is 168 Å². The quantitative estimate of drug-likeness (QED) is 0.422. The second kappa shape index (κ2) is 7.66. The summed E-state index contributed by atoms with van der Waals surface area (Å²) in [5, 5.41) is 23.0. The number of esters is 2. The van der Waals surface area contributed by atoms with Crippen molar-refractivity contribution in [2.75, 3.05) is 14.2 Å². The van der Waals surface area contributed by atoms with Gasteiger partial charge in [-0.05, 0) is 39.0 Å². The van der Waals surface area contributed by atoms with E-state index in [4.69, 9.17) is 9.47 Å². The molecule has 0 radical (unpaired) electrons. The van der Waals surface area contributed by atoms with Crippen molar-refractivity contribution in [3.63, 3.8) is 0 Å². The van der Waals surface area contributed by atoms with Crippen LogP contribution in [0.15, 0.2) is 11.6 Å². The van der Waals surface area contributed by atoms with Crippen molar-refractivity contribution >= 4 is 20.0 Å². The lowest BCUT2D eigenvalue weighted by Gasteiger charge is -2.45. The minimum Gasteiger partial charge on any atom is -0.468 e. The summed E-state index contributed by atoms with van der Waals surface area (Å²) in [7, 11) is 0.860. The zero-order chi connectivity index (χ0) is 21.4. The molecule has 156 valence electrons. The van der Waals surface area contributed by atoms with E-state index in [9.17, 15) is 19.8 Å². The summed E-state index contributed by atoms with van der Waals surface area (Å²) in [5.74, 6) is 1.37. The Morgan fingerprint density at radius 2 is 1.89 bits per heavy atom. The molecule has 0 heterocycles. The molecule has 4 atom stereocenters. The Morgan fingerprint density at radius 3 is 2.43 bits per heavy atom. The Bertz CT molecular complexity index is 738. The highest BCUT2D eigenvalue weighted by Gasteiger charge is 2.67. The third-order valence-electron chi connectivity index (χ3n) is 6.13. The number of carbonyl (C=O) groups is 2. The van der Waals surface area contributed by atoms with Gasteiger partial charge in [-0.25, -0.2) is 4.79 Å². The number of ether oxygens (including phenoxy) is 2. The molecule has 1 saturated carbocycles. The monoisotopic (exact) mass is 408 g/mol. The van der Waals surface area contributed by atoms with E-state index in [1.807, 2.05) is 0 Å². The highest BCUT2D eigenvalue weighted by atomic mass is 28.3. The maximum absolute atomic E-state index is 12.8. The van der Waals surface area contributed by atoms with Gasteiger partial charge >= 0.3 is 11.9 Å². The molecule has 0 bridgehead atoms. The highest BCUT2D eigenvalue weighted by molar-refractivity contribution is 6.83. The van der Waals surface area contributed by atoms with Crippen LogP contribution < -0.4 is 0 Å². The second-order valence-corrected chi connectivity index (χ2v) is 13.9. The number of hydrogen-bond donors (Lipinski definition) is 2. The fourth-order valence-electron chi connectivity index (χ4n) is 4.62. The van der Waals surface area contributed by atoms with E-state index in [1.54, 1.807) is 13.0 Å². The predicted molar refractivity (Wildman–Crippen MR) is 108 cm³/mol. The van der Waals surface area contributed by atoms with Gasteiger partial charge in [-0.2, -0.15) is 0 Å². The number of fused-ring (bicyclic) bond motifs is 1. The molecule has 0 saturated heterocycles. The Kier molecular flexibility index (Phi) is 6.20. The van der Waals surface area contributed by atoms with Crippen LogP contribution in [0.5, 0.6) is 0 Å². The van der Waals surface area contributed by atoms with E-state index in [0.29, 0.717) is 18.4 Å². The van der Waals surface area contributed by atoms with Crippen LogP contribution in [0.2, 0.25) is 19.6 Å². The smallest absolute Gasteiger partial charge is 0.333 e. The van der Waals surface area contributed by atoms with E-state index in [0.717, 1.165) is 0 Å². The first-order valence-corrected chi connectivity index (χ1v) is 13.2. The van der Waals surface area contributed by atoms with Gasteiger partial charge in [-0.3, -0.25) is 4.79 Å². The van der Waals surface area contributed by atoms with Crippen molar-refractivity contribution in [3.05, 3.63) is 11.6 Å². The zero-order valence-electron chi connectivity index (χ0n) is 17.7. The molecule has 0 aromatic heterocycles. The van der Waals surface area contributed by atoms with Crippen LogP contribution in [-0.4, -0.2) is 55.6 Å². The standard InChI is InChI=1S/C21H32O6Si/c1-19(24,13-14-28(4,5)6)16-9-11-20(18(23)27-3)10-7-15(17(22)26-2)8-12-21(16,20)25/h7,16,24-25H,8-12H2,1-6H3/t16-,19+,20+,21-/m0/s1. The summed E-state index contributed by atoms with van der Waals surface area (Å²) >= 11 is 0. The van der Waals surface area contributed by atoms with Crippen LogP contribution in [0.25, 0.3) is 0 Å². The topological polar surface area (TPSA) is 93.1 Å². The van der Waals surface area contributed by atoms with Crippen molar-refractivity contribution < 1.29 is 29.3 Å². The molecule has 2 aliphatic carbocycles. The fraction of sp³-hybridized carbons (Fsp3) is 0.714. The molecule has 0 unspecified atom stereocenters. The Balaban J connectivity index is 2.52. The SMILES string of the molecule is COC(=O)C1=CC[C@]2(C(=O)OC)CC[C@@H]([C@](C)(O)C#C[Si](C)(C)C)[C@@]2(O)CC1. The van der Waals surface area contributed by atoms with E-state index >= 15 is 0 Å². The van der Waals surface area contributed by atoms with Crippen LogP contribution in [0, 0.1) is 22.8 Å². The van der Waals surface area contributed by atoms with Gasteiger partial charge in [0.1, 0.15) is 19.1 Å². The minimum absolute atomic E-state index is 0.151. The number of aliphatic hydroxyl groups is 2. The maximum Gasteiger partial charge on any atom is 0.333 e. The van der Waals surface area contributed by atoms with E-state index in [1.165, 1.54) is 14.2 Å². The van der Waals surface area contributed by atoms with Gasteiger partial charge in [0.2, 0.25) is 0 Å². The molecule has 0 aromatic carbocycles. The summed E-state index contributed by atoms with van der Waals surface area (Å²) in [6, 6.07) is 0. The number of methoxy groups -OCH3 is 2. The Morgan fingerprint density at radius 1 is 1.25 bits per heavy atom. The van der Waals surface area contributed by atoms with Gasteiger partial charge in [-0.1, -0.05) is 31.6 Å². The summed E-state index contributed by atoms with van der Waals surface area (Å²) in [6.45, 7) is 7.85. The molecule has 0 spiro atoms. The zero-order valence-corrected chi connectivity index (χ0v) is 18.7. The van der Waals surface area contributed by atoms with Gasteiger partial charge in [0, 0.05) is 11.5 Å². The number of carbonyl (C=O) groups excluding carboxylic acids is 2. The van der Waals surface area contributed by atoms with E-state index in [-0.39, 0.29) is 19.3 Å². The molecule has 2 aliphatic rings. The molecule has 28 heavy (non-hydrogen) atoms. The second-order valence-electron chi connectivity index (χ2n) is 9.16. The average molecular weight is 409 g/mol. The van der Waals surface area contributed by atoms with Crippen molar-refractivity contribution in [2.24, 2.45) is 11.3 Å². The first-order chi connectivity index (χ1) is 12.8. The summed E-state index contributed by atoms with van der Waals surface area (Å²) in [4.78, 5) is 24.8. The number of hydrogen-bond acceptors (Lipinski definition) is 6. The maximum atomic E-state index is 12.8. The number of allylic oxidation sites excluding steroid dienone is 1. The van der Waals surface area contributed by atoms with Crippen molar-refractivity contribution in [3.8, 4) is 11.5 Å². The Hall–Kier alpha value is -1.62. The molecule has 2 N–H and O–H groups in total. The first kappa shape index (κ1) is 22.7. The van der Waals surface area contributed by atoms with Crippen LogP contribution in [0.1, 0.15) is 39.0 Å². The lowest BCUT2D eigenvalue weighted by atomic mass is 9.65. The summed E-state index contributed by atoms with van der Waals surface area (Å²) < 4.78 is 9.88. The van der Waals surface area contributed by atoms with Crippen LogP contribution in [-0.2, 0) is 19.1 Å². The van der Waals surface area contributed by atoms with Crippen LogP contribution >= 0.6 is 0 Å². The van der Waals surface area contributed by atoms with Gasteiger partial charge < -0.3 is 19.7 Å². The molecular weight excluding hydrogens is 376 g/mol. The van der Waals surface area contributed by atoms with Crippen LogP contribution in [0.4, 0.5) is 0 Å². The summed E-state index contributed by atoms with van der Waals surface area (Å²) in [5.41, 5.74) is -0.596. The first-order valence-electron chi connectivity index (χ1n) is 9.68. The van der Waals surface area contributed by atoms with Gasteiger partial charge in [0.05, 0.1) is 19.8 Å².